The number of hydrogen-bond acceptors (Lipinski definition) is 5. The van der Waals surface area contributed by atoms with E-state index in [1.807, 2.05) is 30.0 Å². The SMILES string of the molecule is COc1cccc(-c2nc3c(c(SCC[NH+]4CCCCC4)n2)COC(C)(C)C3)c1. The van der Waals surface area contributed by atoms with Gasteiger partial charge in [0.05, 0.1) is 44.6 Å². The van der Waals surface area contributed by atoms with Crippen molar-refractivity contribution >= 4 is 11.8 Å². The number of rotatable bonds is 6. The van der Waals surface area contributed by atoms with E-state index in [2.05, 4.69) is 19.9 Å². The fraction of sp³-hybridized carbons (Fsp3) is 0.565. The Hall–Kier alpha value is -1.63. The van der Waals surface area contributed by atoms with Gasteiger partial charge < -0.3 is 14.4 Å². The van der Waals surface area contributed by atoms with Crippen LogP contribution in [0, 0.1) is 0 Å². The Morgan fingerprint density at radius 3 is 2.79 bits per heavy atom. The van der Waals surface area contributed by atoms with Gasteiger partial charge >= 0.3 is 0 Å². The molecular formula is C23H32N3O2S+. The van der Waals surface area contributed by atoms with Crippen molar-refractivity contribution in [2.45, 2.75) is 56.8 Å². The second-order valence-corrected chi connectivity index (χ2v) is 9.73. The third kappa shape index (κ3) is 5.11. The Morgan fingerprint density at radius 2 is 2.00 bits per heavy atom. The van der Waals surface area contributed by atoms with Crippen molar-refractivity contribution in [3.63, 3.8) is 0 Å². The van der Waals surface area contributed by atoms with E-state index in [1.165, 1.54) is 44.5 Å². The van der Waals surface area contributed by atoms with Gasteiger partial charge in [-0.15, -0.1) is 11.8 Å². The van der Waals surface area contributed by atoms with Gasteiger partial charge in [-0.2, -0.15) is 0 Å². The number of aromatic nitrogens is 2. The van der Waals surface area contributed by atoms with Crippen LogP contribution in [0.3, 0.4) is 0 Å². The predicted molar refractivity (Wildman–Crippen MR) is 117 cm³/mol. The number of likely N-dealkylation sites (tertiary alicyclic amines) is 1. The smallest absolute Gasteiger partial charge is 0.160 e. The van der Waals surface area contributed by atoms with Gasteiger partial charge in [-0.1, -0.05) is 12.1 Å². The zero-order valence-electron chi connectivity index (χ0n) is 17.8. The van der Waals surface area contributed by atoms with Crippen LogP contribution in [-0.4, -0.2) is 48.1 Å². The van der Waals surface area contributed by atoms with Gasteiger partial charge in [0, 0.05) is 23.3 Å². The highest BCUT2D eigenvalue weighted by Crippen LogP contribution is 2.34. The van der Waals surface area contributed by atoms with E-state index in [0.29, 0.717) is 6.61 Å². The van der Waals surface area contributed by atoms with Crippen molar-refractivity contribution in [2.24, 2.45) is 0 Å². The first-order chi connectivity index (χ1) is 14.0. The predicted octanol–water partition coefficient (Wildman–Crippen LogP) is 3.16. The third-order valence-corrected chi connectivity index (χ3v) is 6.86. The summed E-state index contributed by atoms with van der Waals surface area (Å²) in [5.74, 6) is 2.70. The Bertz CT molecular complexity index is 850. The summed E-state index contributed by atoms with van der Waals surface area (Å²) in [6.45, 7) is 8.69. The Balaban J connectivity index is 1.59. The van der Waals surface area contributed by atoms with Crippen molar-refractivity contribution in [2.75, 3.05) is 32.5 Å². The van der Waals surface area contributed by atoms with Crippen LogP contribution >= 0.6 is 11.8 Å². The molecule has 29 heavy (non-hydrogen) atoms. The monoisotopic (exact) mass is 414 g/mol. The molecule has 1 aromatic carbocycles. The molecule has 0 aliphatic carbocycles. The maximum absolute atomic E-state index is 6.09. The maximum atomic E-state index is 6.09. The number of hydrogen-bond donors (Lipinski definition) is 1. The topological polar surface area (TPSA) is 48.7 Å². The minimum Gasteiger partial charge on any atom is -0.497 e. The third-order valence-electron chi connectivity index (χ3n) is 5.84. The van der Waals surface area contributed by atoms with Crippen molar-refractivity contribution < 1.29 is 14.4 Å². The van der Waals surface area contributed by atoms with E-state index in [9.17, 15) is 0 Å². The molecule has 1 aromatic heterocycles. The van der Waals surface area contributed by atoms with Crippen LogP contribution in [0.2, 0.25) is 0 Å². The summed E-state index contributed by atoms with van der Waals surface area (Å²) in [4.78, 5) is 11.7. The highest BCUT2D eigenvalue weighted by molar-refractivity contribution is 7.99. The van der Waals surface area contributed by atoms with Crippen LogP contribution in [0.15, 0.2) is 29.3 Å². The number of thioether (sulfide) groups is 1. The average Bonchev–Trinajstić information content (AvgIpc) is 2.73. The standard InChI is InChI=1S/C23H31N3O2S/c1-23(2)15-20-19(16-28-23)22(29-13-12-26-10-5-4-6-11-26)25-21(24-20)17-8-7-9-18(14-17)27-3/h7-9,14H,4-6,10-13,15-16H2,1-3H3/p+1. The van der Waals surface area contributed by atoms with Crippen molar-refractivity contribution in [1.29, 1.82) is 0 Å². The van der Waals surface area contributed by atoms with Crippen LogP contribution in [-0.2, 0) is 17.8 Å². The number of quaternary nitrogens is 1. The molecule has 2 aromatic rings. The molecule has 0 spiro atoms. The lowest BCUT2D eigenvalue weighted by molar-refractivity contribution is -0.902. The van der Waals surface area contributed by atoms with Gasteiger partial charge in [0.15, 0.2) is 5.82 Å². The molecule has 0 radical (unpaired) electrons. The summed E-state index contributed by atoms with van der Waals surface area (Å²) in [5, 5.41) is 1.08. The van der Waals surface area contributed by atoms with Gasteiger partial charge in [-0.3, -0.25) is 0 Å². The van der Waals surface area contributed by atoms with Crippen LogP contribution in [0.5, 0.6) is 5.75 Å². The van der Waals surface area contributed by atoms with Crippen molar-refractivity contribution in [3.8, 4) is 17.1 Å². The number of nitrogens with one attached hydrogen (secondary N) is 1. The molecule has 1 saturated heterocycles. The summed E-state index contributed by atoms with van der Waals surface area (Å²) >= 11 is 1.86. The molecule has 6 heteroatoms. The normalized spacial score (nSPS) is 19.0. The summed E-state index contributed by atoms with van der Waals surface area (Å²) in [7, 11) is 1.69. The van der Waals surface area contributed by atoms with Crippen molar-refractivity contribution in [3.05, 3.63) is 35.5 Å². The second-order valence-electron chi connectivity index (χ2n) is 8.64. The molecule has 0 saturated carbocycles. The van der Waals surface area contributed by atoms with Crippen LogP contribution in [0.4, 0.5) is 0 Å². The quantitative estimate of drug-likeness (QED) is 0.581. The maximum Gasteiger partial charge on any atom is 0.160 e. The minimum atomic E-state index is -0.188. The van der Waals surface area contributed by atoms with Crippen LogP contribution in [0.25, 0.3) is 11.4 Å². The molecule has 0 bridgehead atoms. The molecule has 0 atom stereocenters. The average molecular weight is 415 g/mol. The summed E-state index contributed by atoms with van der Waals surface area (Å²) in [6.07, 6.45) is 4.94. The van der Waals surface area contributed by atoms with Gasteiger partial charge in [0.2, 0.25) is 0 Å². The van der Waals surface area contributed by atoms with E-state index in [-0.39, 0.29) is 5.60 Å². The Morgan fingerprint density at radius 1 is 1.17 bits per heavy atom. The molecule has 5 nitrogen and oxygen atoms in total. The Labute approximate surface area is 178 Å². The zero-order valence-corrected chi connectivity index (χ0v) is 18.6. The lowest BCUT2D eigenvalue weighted by atomic mass is 9.96. The molecule has 0 unspecified atom stereocenters. The van der Waals surface area contributed by atoms with Crippen molar-refractivity contribution in [1.82, 2.24) is 9.97 Å². The molecule has 0 amide bonds. The van der Waals surface area contributed by atoms with E-state index in [4.69, 9.17) is 19.4 Å². The fourth-order valence-corrected chi connectivity index (χ4v) is 5.21. The molecule has 156 valence electrons. The second kappa shape index (κ2) is 9.02. The first-order valence-corrected chi connectivity index (χ1v) is 11.7. The lowest BCUT2D eigenvalue weighted by Crippen LogP contribution is -3.13. The summed E-state index contributed by atoms with van der Waals surface area (Å²) in [6, 6.07) is 8.02. The lowest BCUT2D eigenvalue weighted by Gasteiger charge is -2.32. The van der Waals surface area contributed by atoms with Crippen LogP contribution in [0.1, 0.15) is 44.4 Å². The fourth-order valence-electron chi connectivity index (χ4n) is 4.12. The number of methoxy groups -OCH3 is 1. The highest BCUT2D eigenvalue weighted by Gasteiger charge is 2.30. The number of fused-ring (bicyclic) bond motifs is 1. The van der Waals surface area contributed by atoms with Gasteiger partial charge in [0.25, 0.3) is 0 Å². The number of benzene rings is 1. The molecule has 2 aliphatic heterocycles. The van der Waals surface area contributed by atoms with Gasteiger partial charge in [-0.05, 0) is 45.2 Å². The van der Waals surface area contributed by atoms with E-state index in [1.54, 1.807) is 12.0 Å². The molecule has 3 heterocycles. The summed E-state index contributed by atoms with van der Waals surface area (Å²) in [5.41, 5.74) is 3.11. The Kier molecular flexibility index (Phi) is 6.42. The number of ether oxygens (including phenoxy) is 2. The largest absolute Gasteiger partial charge is 0.497 e. The van der Waals surface area contributed by atoms with Gasteiger partial charge in [-0.25, -0.2) is 9.97 Å². The highest BCUT2D eigenvalue weighted by atomic mass is 32.2. The molecular weight excluding hydrogens is 382 g/mol. The molecule has 1 N–H and O–H groups in total. The molecule has 1 fully saturated rings. The zero-order chi connectivity index (χ0) is 20.3. The first kappa shape index (κ1) is 20.6. The minimum absolute atomic E-state index is 0.188. The molecule has 2 aliphatic rings. The van der Waals surface area contributed by atoms with E-state index >= 15 is 0 Å². The summed E-state index contributed by atoms with van der Waals surface area (Å²) < 4.78 is 11.5. The number of nitrogens with zero attached hydrogens (tertiary/aromatic N) is 2. The van der Waals surface area contributed by atoms with E-state index in [0.717, 1.165) is 40.0 Å². The number of piperidine rings is 1. The van der Waals surface area contributed by atoms with Gasteiger partial charge in [0.1, 0.15) is 10.8 Å². The van der Waals surface area contributed by atoms with Crippen LogP contribution < -0.4 is 9.64 Å². The van der Waals surface area contributed by atoms with E-state index < -0.39 is 0 Å². The molecule has 4 rings (SSSR count). The first-order valence-electron chi connectivity index (χ1n) is 10.7.